The van der Waals surface area contributed by atoms with Crippen molar-refractivity contribution >= 4 is 11.6 Å². The van der Waals surface area contributed by atoms with Crippen LogP contribution < -0.4 is 4.57 Å². The number of hydrogen-bond donors (Lipinski definition) is 0. The van der Waals surface area contributed by atoms with E-state index in [-0.39, 0.29) is 18.1 Å². The second-order valence-corrected chi connectivity index (χ2v) is 7.40. The molecule has 1 heterocycles. The predicted molar refractivity (Wildman–Crippen MR) is 111 cm³/mol. The quantitative estimate of drug-likeness (QED) is 0.252. The summed E-state index contributed by atoms with van der Waals surface area (Å²) >= 11 is 0. The molecule has 0 amide bonds. The van der Waals surface area contributed by atoms with E-state index in [4.69, 9.17) is 0 Å². The second kappa shape index (κ2) is 12.9. The van der Waals surface area contributed by atoms with Crippen LogP contribution in [-0.2, 0) is 6.54 Å². The first-order valence-electron chi connectivity index (χ1n) is 10.7. The third kappa shape index (κ3) is 8.12. The number of benzene rings is 1. The van der Waals surface area contributed by atoms with Crippen LogP contribution in [0.2, 0.25) is 0 Å². The van der Waals surface area contributed by atoms with Crippen LogP contribution in [-0.4, -0.2) is 16.6 Å². The Balaban J connectivity index is 1.71. The van der Waals surface area contributed by atoms with Crippen molar-refractivity contribution in [3.63, 3.8) is 0 Å². The Kier molecular flexibility index (Phi) is 10.1. The molecule has 2 aromatic rings. The van der Waals surface area contributed by atoms with E-state index in [1.807, 2.05) is 18.2 Å². The van der Waals surface area contributed by atoms with Gasteiger partial charge in [-0.05, 0) is 6.42 Å². The fourth-order valence-electron chi connectivity index (χ4n) is 3.28. The Morgan fingerprint density at radius 3 is 2.18 bits per heavy atom. The lowest BCUT2D eigenvalue weighted by Crippen LogP contribution is -2.38. The molecule has 0 saturated carbocycles. The van der Waals surface area contributed by atoms with E-state index in [1.165, 1.54) is 44.9 Å². The number of carbonyl (C=O) groups is 2. The number of hydrogen-bond acceptors (Lipinski definition) is 3. The summed E-state index contributed by atoms with van der Waals surface area (Å²) < 4.78 is 1.74. The molecule has 28 heavy (non-hydrogen) atoms. The van der Waals surface area contributed by atoms with Gasteiger partial charge in [-0.3, -0.25) is 9.59 Å². The van der Waals surface area contributed by atoms with Gasteiger partial charge < -0.3 is 0 Å². The molecule has 0 N–H and O–H groups in total. The van der Waals surface area contributed by atoms with Gasteiger partial charge in [-0.1, -0.05) is 88.6 Å². The van der Waals surface area contributed by atoms with Gasteiger partial charge in [-0.25, -0.2) is 4.98 Å². The van der Waals surface area contributed by atoms with E-state index >= 15 is 0 Å². The van der Waals surface area contributed by atoms with Crippen LogP contribution in [0, 0.1) is 0 Å². The number of nitrogens with zero attached hydrogens (tertiary/aromatic N) is 2. The maximum Gasteiger partial charge on any atom is 0.227 e. The van der Waals surface area contributed by atoms with E-state index in [2.05, 4.69) is 11.9 Å². The zero-order valence-corrected chi connectivity index (χ0v) is 17.1. The Morgan fingerprint density at radius 2 is 1.50 bits per heavy atom. The summed E-state index contributed by atoms with van der Waals surface area (Å²) in [5.41, 5.74) is 1.12. The summed E-state index contributed by atoms with van der Waals surface area (Å²) in [5, 5.41) is 0. The van der Waals surface area contributed by atoms with Crippen molar-refractivity contribution in [2.24, 2.45) is 0 Å². The van der Waals surface area contributed by atoms with Crippen LogP contribution in [0.1, 0.15) is 92.0 Å². The third-order valence-corrected chi connectivity index (χ3v) is 4.97. The van der Waals surface area contributed by atoms with E-state index in [9.17, 15) is 9.59 Å². The maximum atomic E-state index is 12.4. The van der Waals surface area contributed by atoms with Gasteiger partial charge in [0.1, 0.15) is 0 Å². The predicted octanol–water partition coefficient (Wildman–Crippen LogP) is 5.36. The van der Waals surface area contributed by atoms with E-state index < -0.39 is 0 Å². The molecule has 4 nitrogen and oxygen atoms in total. The van der Waals surface area contributed by atoms with Crippen LogP contribution in [0.25, 0.3) is 0 Å². The summed E-state index contributed by atoms with van der Waals surface area (Å²) in [5.74, 6) is 0.0820. The van der Waals surface area contributed by atoms with Gasteiger partial charge in [0.2, 0.25) is 12.3 Å². The van der Waals surface area contributed by atoms with Crippen molar-refractivity contribution in [1.82, 2.24) is 4.98 Å². The highest BCUT2D eigenvalue weighted by molar-refractivity contribution is 5.95. The summed E-state index contributed by atoms with van der Waals surface area (Å²) in [6.45, 7) is 2.45. The molecule has 0 saturated heterocycles. The molecule has 0 spiro atoms. The highest BCUT2D eigenvalue weighted by Gasteiger charge is 2.15. The number of unbranched alkanes of at least 4 members (excludes halogenated alkanes) is 8. The SMILES string of the molecule is CCCCCCCCCCCC(=O)c1c[n+](CC(=O)c2ccccc2)ccn1. The minimum Gasteiger partial charge on any atom is -0.292 e. The van der Waals surface area contributed by atoms with Crippen molar-refractivity contribution < 1.29 is 14.2 Å². The minimum absolute atomic E-state index is 0.0223. The second-order valence-electron chi connectivity index (χ2n) is 7.40. The lowest BCUT2D eigenvalue weighted by atomic mass is 10.0. The molecule has 1 aromatic heterocycles. The van der Waals surface area contributed by atoms with E-state index in [0.717, 1.165) is 12.8 Å². The van der Waals surface area contributed by atoms with Crippen molar-refractivity contribution in [3.05, 3.63) is 60.2 Å². The number of carbonyl (C=O) groups excluding carboxylic acids is 2. The molecule has 0 aliphatic heterocycles. The van der Waals surface area contributed by atoms with Gasteiger partial charge in [0.05, 0.1) is 6.20 Å². The largest absolute Gasteiger partial charge is 0.292 e. The van der Waals surface area contributed by atoms with E-state index in [1.54, 1.807) is 35.3 Å². The molecular weight excluding hydrogens is 348 g/mol. The van der Waals surface area contributed by atoms with Gasteiger partial charge in [-0.15, -0.1) is 0 Å². The first kappa shape index (κ1) is 21.9. The monoisotopic (exact) mass is 381 g/mol. The molecule has 2 rings (SSSR count). The Bertz CT molecular complexity index is 728. The molecule has 0 bridgehead atoms. The number of rotatable bonds is 14. The minimum atomic E-state index is 0.0223. The zero-order chi connectivity index (χ0) is 20.0. The molecule has 4 heteroatoms. The Labute approximate surface area is 169 Å². The van der Waals surface area contributed by atoms with Crippen molar-refractivity contribution in [3.8, 4) is 0 Å². The van der Waals surface area contributed by atoms with Crippen LogP contribution in [0.5, 0.6) is 0 Å². The number of ketones is 2. The molecule has 0 aliphatic carbocycles. The molecule has 0 radical (unpaired) electrons. The summed E-state index contributed by atoms with van der Waals surface area (Å²) in [6.07, 6.45) is 16.6. The van der Waals surface area contributed by atoms with Crippen molar-refractivity contribution in [2.45, 2.75) is 77.7 Å². The highest BCUT2D eigenvalue weighted by Crippen LogP contribution is 2.11. The van der Waals surface area contributed by atoms with Crippen LogP contribution >= 0.6 is 0 Å². The van der Waals surface area contributed by atoms with E-state index in [0.29, 0.717) is 17.7 Å². The lowest BCUT2D eigenvalue weighted by molar-refractivity contribution is -0.683. The van der Waals surface area contributed by atoms with Crippen LogP contribution in [0.3, 0.4) is 0 Å². The third-order valence-electron chi connectivity index (χ3n) is 4.97. The average molecular weight is 382 g/mol. The Hall–Kier alpha value is -2.36. The standard InChI is InChI=1S/C24H33N2O2/c1-2-3-4-5-6-7-8-9-13-16-23(27)22-19-26(18-17-25-22)20-24(28)21-14-11-10-12-15-21/h10-12,14-15,17-19H,2-9,13,16,20H2,1H3/q+1. The summed E-state index contributed by atoms with van der Waals surface area (Å²) in [6, 6.07) is 9.20. The van der Waals surface area contributed by atoms with Gasteiger partial charge in [0, 0.05) is 12.0 Å². The van der Waals surface area contributed by atoms with Gasteiger partial charge in [0.15, 0.2) is 23.9 Å². The molecule has 1 aromatic carbocycles. The Morgan fingerprint density at radius 1 is 0.857 bits per heavy atom. The van der Waals surface area contributed by atoms with Crippen LogP contribution in [0.15, 0.2) is 48.9 Å². The highest BCUT2D eigenvalue weighted by atomic mass is 16.1. The first-order valence-corrected chi connectivity index (χ1v) is 10.7. The molecule has 0 fully saturated rings. The first-order chi connectivity index (χ1) is 13.7. The maximum absolute atomic E-state index is 12.4. The molecule has 0 unspecified atom stereocenters. The van der Waals surface area contributed by atoms with Gasteiger partial charge >= 0.3 is 0 Å². The van der Waals surface area contributed by atoms with Crippen LogP contribution in [0.4, 0.5) is 0 Å². The molecule has 0 atom stereocenters. The van der Waals surface area contributed by atoms with Crippen molar-refractivity contribution in [2.75, 3.05) is 0 Å². The average Bonchev–Trinajstić information content (AvgIpc) is 2.73. The fourth-order valence-corrected chi connectivity index (χ4v) is 3.28. The molecule has 150 valence electrons. The molecular formula is C24H33N2O2+. The lowest BCUT2D eigenvalue weighted by Gasteiger charge is -2.02. The summed E-state index contributed by atoms with van der Waals surface area (Å²) in [7, 11) is 0. The topological polar surface area (TPSA) is 50.9 Å². The van der Waals surface area contributed by atoms with Gasteiger partial charge in [-0.2, -0.15) is 4.57 Å². The van der Waals surface area contributed by atoms with Gasteiger partial charge in [0.25, 0.3) is 0 Å². The smallest absolute Gasteiger partial charge is 0.227 e. The fraction of sp³-hybridized carbons (Fsp3) is 0.500. The summed E-state index contributed by atoms with van der Waals surface area (Å²) in [4.78, 5) is 28.9. The number of aromatic nitrogens is 2. The molecule has 0 aliphatic rings. The van der Waals surface area contributed by atoms with Crippen molar-refractivity contribution in [1.29, 1.82) is 0 Å². The number of Topliss-reactive ketones (excluding diaryl/α,β-unsaturated/α-hetero) is 2. The normalized spacial score (nSPS) is 10.8. The zero-order valence-electron chi connectivity index (χ0n) is 17.1.